The standard InChI is InChI=1S/C20H19N5OS/c1-4-19(26-7-1)20-21-10-14(11-22-20)12-25-6-5-17-16(13-25)18(24-23-17)9-15-3-2-8-27-15/h1-4,7-8,10-11H,5-6,9,12-13H2,(H,23,24). The van der Waals surface area contributed by atoms with Crippen LogP contribution < -0.4 is 0 Å². The van der Waals surface area contributed by atoms with Gasteiger partial charge in [-0.25, -0.2) is 9.97 Å². The maximum Gasteiger partial charge on any atom is 0.195 e. The third kappa shape index (κ3) is 3.43. The summed E-state index contributed by atoms with van der Waals surface area (Å²) in [5, 5.41) is 9.93. The number of nitrogens with one attached hydrogen (secondary N) is 1. The first-order valence-corrected chi connectivity index (χ1v) is 9.87. The molecule has 5 rings (SSSR count). The molecule has 136 valence electrons. The number of aromatic amines is 1. The molecule has 0 fully saturated rings. The Hall–Kier alpha value is -2.77. The van der Waals surface area contributed by atoms with Gasteiger partial charge in [0.1, 0.15) is 0 Å². The first-order chi connectivity index (χ1) is 13.3. The lowest BCUT2D eigenvalue weighted by Crippen LogP contribution is -2.30. The van der Waals surface area contributed by atoms with Crippen LogP contribution in [0, 0.1) is 0 Å². The van der Waals surface area contributed by atoms with Gasteiger partial charge in [0.2, 0.25) is 0 Å². The number of furan rings is 1. The van der Waals surface area contributed by atoms with E-state index in [2.05, 4.69) is 42.6 Å². The molecule has 4 aromatic heterocycles. The fraction of sp³-hybridized carbons (Fsp3) is 0.250. The summed E-state index contributed by atoms with van der Waals surface area (Å²) in [7, 11) is 0. The minimum absolute atomic E-state index is 0.623. The predicted octanol–water partition coefficient (Wildman–Crippen LogP) is 3.67. The molecule has 0 aromatic carbocycles. The topological polar surface area (TPSA) is 70.8 Å². The Bertz CT molecular complexity index is 1010. The van der Waals surface area contributed by atoms with Crippen LogP contribution in [0.4, 0.5) is 0 Å². The predicted molar refractivity (Wildman–Crippen MR) is 103 cm³/mol. The van der Waals surface area contributed by atoms with E-state index in [9.17, 15) is 0 Å². The number of hydrogen-bond acceptors (Lipinski definition) is 6. The van der Waals surface area contributed by atoms with Crippen molar-refractivity contribution < 1.29 is 4.42 Å². The minimum atomic E-state index is 0.623. The van der Waals surface area contributed by atoms with Crippen LogP contribution in [0.1, 0.15) is 27.4 Å². The summed E-state index contributed by atoms with van der Waals surface area (Å²) < 4.78 is 5.35. The average molecular weight is 377 g/mol. The van der Waals surface area contributed by atoms with Crippen molar-refractivity contribution in [3.8, 4) is 11.6 Å². The van der Waals surface area contributed by atoms with Crippen LogP contribution in [-0.4, -0.2) is 31.6 Å². The summed E-state index contributed by atoms with van der Waals surface area (Å²) in [5.74, 6) is 1.32. The van der Waals surface area contributed by atoms with Crippen LogP contribution in [-0.2, 0) is 25.9 Å². The van der Waals surface area contributed by atoms with Crippen molar-refractivity contribution >= 4 is 11.3 Å². The lowest BCUT2D eigenvalue weighted by molar-refractivity contribution is 0.243. The first kappa shape index (κ1) is 16.4. The summed E-state index contributed by atoms with van der Waals surface area (Å²) in [6.07, 6.45) is 7.32. The Morgan fingerprint density at radius 3 is 2.89 bits per heavy atom. The van der Waals surface area contributed by atoms with E-state index in [-0.39, 0.29) is 0 Å². The lowest BCUT2D eigenvalue weighted by Gasteiger charge is -2.26. The first-order valence-electron chi connectivity index (χ1n) is 8.99. The highest BCUT2D eigenvalue weighted by Gasteiger charge is 2.22. The van der Waals surface area contributed by atoms with Crippen molar-refractivity contribution in [3.63, 3.8) is 0 Å². The quantitative estimate of drug-likeness (QED) is 0.575. The molecular weight excluding hydrogens is 358 g/mol. The molecule has 0 bridgehead atoms. The number of fused-ring (bicyclic) bond motifs is 1. The second-order valence-electron chi connectivity index (χ2n) is 6.74. The van der Waals surface area contributed by atoms with Gasteiger partial charge in [0.15, 0.2) is 11.6 Å². The van der Waals surface area contributed by atoms with Crippen LogP contribution in [0.2, 0.25) is 0 Å². The summed E-state index contributed by atoms with van der Waals surface area (Å²) in [4.78, 5) is 12.7. The number of aromatic nitrogens is 4. The molecule has 7 heteroatoms. The Morgan fingerprint density at radius 2 is 2.11 bits per heavy atom. The molecule has 0 saturated heterocycles. The van der Waals surface area contributed by atoms with Gasteiger partial charge >= 0.3 is 0 Å². The Kier molecular flexibility index (Phi) is 4.31. The molecule has 0 radical (unpaired) electrons. The van der Waals surface area contributed by atoms with Crippen molar-refractivity contribution in [2.45, 2.75) is 25.9 Å². The molecule has 5 heterocycles. The molecule has 1 aliphatic rings. The molecule has 1 N–H and O–H groups in total. The maximum atomic E-state index is 5.35. The molecule has 27 heavy (non-hydrogen) atoms. The third-order valence-electron chi connectivity index (χ3n) is 4.87. The van der Waals surface area contributed by atoms with E-state index in [1.165, 1.54) is 21.8 Å². The number of rotatable bonds is 5. The van der Waals surface area contributed by atoms with E-state index >= 15 is 0 Å². The fourth-order valence-electron chi connectivity index (χ4n) is 3.50. The minimum Gasteiger partial charge on any atom is -0.461 e. The largest absolute Gasteiger partial charge is 0.461 e. The van der Waals surface area contributed by atoms with Gasteiger partial charge < -0.3 is 4.42 Å². The van der Waals surface area contributed by atoms with E-state index in [0.29, 0.717) is 11.6 Å². The van der Waals surface area contributed by atoms with E-state index in [0.717, 1.165) is 38.0 Å². The smallest absolute Gasteiger partial charge is 0.195 e. The summed E-state index contributed by atoms with van der Waals surface area (Å²) in [6, 6.07) is 7.98. The van der Waals surface area contributed by atoms with Gasteiger partial charge in [-0.1, -0.05) is 6.07 Å². The summed E-state index contributed by atoms with van der Waals surface area (Å²) in [6.45, 7) is 2.75. The van der Waals surface area contributed by atoms with Crippen molar-refractivity contribution in [3.05, 3.63) is 75.7 Å². The van der Waals surface area contributed by atoms with Gasteiger partial charge in [0, 0.05) is 66.6 Å². The lowest BCUT2D eigenvalue weighted by atomic mass is 10.0. The molecule has 0 amide bonds. The highest BCUT2D eigenvalue weighted by atomic mass is 32.1. The zero-order valence-electron chi connectivity index (χ0n) is 14.8. The van der Waals surface area contributed by atoms with Gasteiger partial charge in [-0.2, -0.15) is 5.10 Å². The van der Waals surface area contributed by atoms with Gasteiger partial charge in [-0.3, -0.25) is 10.00 Å². The van der Waals surface area contributed by atoms with E-state index in [4.69, 9.17) is 4.42 Å². The van der Waals surface area contributed by atoms with E-state index in [1.54, 1.807) is 17.6 Å². The molecule has 0 aliphatic carbocycles. The Balaban J connectivity index is 1.29. The molecule has 6 nitrogen and oxygen atoms in total. The Labute approximate surface area is 160 Å². The van der Waals surface area contributed by atoms with Gasteiger partial charge in [-0.15, -0.1) is 11.3 Å². The number of hydrogen-bond donors (Lipinski definition) is 1. The van der Waals surface area contributed by atoms with Crippen molar-refractivity contribution in [1.29, 1.82) is 0 Å². The monoisotopic (exact) mass is 377 g/mol. The SMILES string of the molecule is c1coc(-c2ncc(CN3CCc4[nH]nc(Cc5cccs5)c4C3)cn2)c1. The van der Waals surface area contributed by atoms with Gasteiger partial charge in [-0.05, 0) is 23.6 Å². The normalized spacial score (nSPS) is 14.4. The van der Waals surface area contributed by atoms with Crippen molar-refractivity contribution in [2.75, 3.05) is 6.54 Å². The average Bonchev–Trinajstić information content (AvgIpc) is 3.45. The zero-order chi connectivity index (χ0) is 18.1. The van der Waals surface area contributed by atoms with Crippen LogP contribution >= 0.6 is 11.3 Å². The zero-order valence-corrected chi connectivity index (χ0v) is 15.6. The number of H-pyrrole nitrogens is 1. The molecule has 0 spiro atoms. The van der Waals surface area contributed by atoms with Crippen LogP contribution in [0.3, 0.4) is 0 Å². The van der Waals surface area contributed by atoms with E-state index < -0.39 is 0 Å². The molecule has 0 unspecified atom stereocenters. The molecule has 0 saturated carbocycles. The molecular formula is C20H19N5OS. The number of nitrogens with zero attached hydrogens (tertiary/aromatic N) is 4. The second kappa shape index (κ2) is 7.09. The highest BCUT2D eigenvalue weighted by Crippen LogP contribution is 2.25. The molecule has 1 aliphatic heterocycles. The van der Waals surface area contributed by atoms with E-state index in [1.807, 2.05) is 24.5 Å². The van der Waals surface area contributed by atoms with Crippen LogP contribution in [0.5, 0.6) is 0 Å². The molecule has 0 atom stereocenters. The third-order valence-corrected chi connectivity index (χ3v) is 5.75. The highest BCUT2D eigenvalue weighted by molar-refractivity contribution is 7.09. The molecule has 4 aromatic rings. The number of thiophene rings is 1. The Morgan fingerprint density at radius 1 is 1.19 bits per heavy atom. The summed E-state index contributed by atoms with van der Waals surface area (Å²) in [5.41, 5.74) is 4.91. The summed E-state index contributed by atoms with van der Waals surface area (Å²) >= 11 is 1.78. The van der Waals surface area contributed by atoms with Gasteiger partial charge in [0.05, 0.1) is 12.0 Å². The fourth-order valence-corrected chi connectivity index (χ4v) is 4.21. The second-order valence-corrected chi connectivity index (χ2v) is 7.77. The van der Waals surface area contributed by atoms with Crippen molar-refractivity contribution in [2.24, 2.45) is 0 Å². The van der Waals surface area contributed by atoms with Crippen molar-refractivity contribution in [1.82, 2.24) is 25.1 Å². The van der Waals surface area contributed by atoms with Crippen LogP contribution in [0.25, 0.3) is 11.6 Å². The maximum absolute atomic E-state index is 5.35. The van der Waals surface area contributed by atoms with Gasteiger partial charge in [0.25, 0.3) is 0 Å². The van der Waals surface area contributed by atoms with Crippen LogP contribution in [0.15, 0.2) is 52.7 Å².